The Balaban J connectivity index is 2.60. The highest BCUT2D eigenvalue weighted by Crippen LogP contribution is 2.34. The number of rotatable bonds is 2. The number of carboxylic acids is 1. The zero-order valence-corrected chi connectivity index (χ0v) is 7.92. The summed E-state index contributed by atoms with van der Waals surface area (Å²) in [7, 11) is 0. The van der Waals surface area contributed by atoms with Crippen LogP contribution < -0.4 is 0 Å². The molecule has 1 rings (SSSR count). The van der Waals surface area contributed by atoms with E-state index >= 15 is 0 Å². The molecule has 2 atom stereocenters. The normalized spacial score (nSPS) is 30.6. The zero-order chi connectivity index (χ0) is 9.14. The molecule has 2 nitrogen and oxygen atoms in total. The topological polar surface area (TPSA) is 37.3 Å². The predicted molar refractivity (Wildman–Crippen MR) is 47.9 cm³/mol. The highest BCUT2D eigenvalue weighted by atomic mass is 16.4. The van der Waals surface area contributed by atoms with Crippen molar-refractivity contribution in [2.24, 2.45) is 17.8 Å². The second-order valence-corrected chi connectivity index (χ2v) is 4.14. The summed E-state index contributed by atoms with van der Waals surface area (Å²) in [6.07, 6.45) is 4.31. The van der Waals surface area contributed by atoms with E-state index in [-0.39, 0.29) is 5.92 Å². The van der Waals surface area contributed by atoms with Gasteiger partial charge < -0.3 is 5.11 Å². The molecule has 1 aliphatic rings. The minimum Gasteiger partial charge on any atom is -0.481 e. The van der Waals surface area contributed by atoms with Crippen LogP contribution in [0.5, 0.6) is 0 Å². The van der Waals surface area contributed by atoms with Crippen LogP contribution in [0.1, 0.15) is 39.5 Å². The molecular weight excluding hydrogens is 152 g/mol. The number of aliphatic carboxylic acids is 1. The predicted octanol–water partition coefficient (Wildman–Crippen LogP) is 2.53. The van der Waals surface area contributed by atoms with Crippen LogP contribution in [-0.2, 0) is 4.79 Å². The average molecular weight is 170 g/mol. The molecule has 0 amide bonds. The van der Waals surface area contributed by atoms with Gasteiger partial charge in [0, 0.05) is 0 Å². The second-order valence-electron chi connectivity index (χ2n) is 4.14. The maximum atomic E-state index is 10.9. The minimum absolute atomic E-state index is 0.0706. The van der Waals surface area contributed by atoms with E-state index in [1.807, 2.05) is 0 Å². The third kappa shape index (κ3) is 1.99. The van der Waals surface area contributed by atoms with Gasteiger partial charge in [-0.25, -0.2) is 0 Å². The molecule has 0 radical (unpaired) electrons. The summed E-state index contributed by atoms with van der Waals surface area (Å²) < 4.78 is 0. The van der Waals surface area contributed by atoms with Crippen molar-refractivity contribution in [2.75, 3.05) is 0 Å². The van der Waals surface area contributed by atoms with E-state index in [1.54, 1.807) is 0 Å². The lowest BCUT2D eigenvalue weighted by molar-refractivity contribution is -0.145. The standard InChI is InChI=1S/C10H18O2/c1-7(2)8-5-3-4-6-9(8)10(11)12/h7-9H,3-6H2,1-2H3,(H,11,12)/t8-,9+/m0/s1. The van der Waals surface area contributed by atoms with Crippen LogP contribution in [0.15, 0.2) is 0 Å². The van der Waals surface area contributed by atoms with Crippen LogP contribution in [0.3, 0.4) is 0 Å². The van der Waals surface area contributed by atoms with Crippen LogP contribution in [0.25, 0.3) is 0 Å². The van der Waals surface area contributed by atoms with Gasteiger partial charge in [-0.15, -0.1) is 0 Å². The third-order valence-electron chi connectivity index (χ3n) is 2.99. The van der Waals surface area contributed by atoms with Crippen molar-refractivity contribution < 1.29 is 9.90 Å². The lowest BCUT2D eigenvalue weighted by Gasteiger charge is -2.31. The van der Waals surface area contributed by atoms with Crippen LogP contribution >= 0.6 is 0 Å². The van der Waals surface area contributed by atoms with Crippen LogP contribution in [-0.4, -0.2) is 11.1 Å². The van der Waals surface area contributed by atoms with Crippen molar-refractivity contribution in [3.05, 3.63) is 0 Å². The van der Waals surface area contributed by atoms with Gasteiger partial charge in [0.2, 0.25) is 0 Å². The summed E-state index contributed by atoms with van der Waals surface area (Å²) in [5.74, 6) is 0.273. The highest BCUT2D eigenvalue weighted by molar-refractivity contribution is 5.70. The average Bonchev–Trinajstić information content (AvgIpc) is 2.04. The Morgan fingerprint density at radius 2 is 1.92 bits per heavy atom. The van der Waals surface area contributed by atoms with E-state index in [1.165, 1.54) is 6.42 Å². The number of hydrogen-bond donors (Lipinski definition) is 1. The molecule has 0 aliphatic heterocycles. The van der Waals surface area contributed by atoms with E-state index in [9.17, 15) is 4.79 Å². The molecule has 12 heavy (non-hydrogen) atoms. The molecule has 1 N–H and O–H groups in total. The Kier molecular flexibility index (Phi) is 3.12. The Hall–Kier alpha value is -0.530. The Labute approximate surface area is 74.0 Å². The number of carboxylic acid groups (broad SMARTS) is 1. The molecule has 0 unspecified atom stereocenters. The first-order valence-corrected chi connectivity index (χ1v) is 4.85. The van der Waals surface area contributed by atoms with Crippen molar-refractivity contribution in [3.63, 3.8) is 0 Å². The first-order chi connectivity index (χ1) is 5.63. The Morgan fingerprint density at radius 1 is 1.33 bits per heavy atom. The fourth-order valence-electron chi connectivity index (χ4n) is 2.26. The molecule has 0 aromatic heterocycles. The second kappa shape index (κ2) is 3.92. The minimum atomic E-state index is -0.589. The first kappa shape index (κ1) is 9.56. The van der Waals surface area contributed by atoms with Crippen molar-refractivity contribution in [2.45, 2.75) is 39.5 Å². The fraction of sp³-hybridized carbons (Fsp3) is 0.900. The molecule has 1 aliphatic carbocycles. The van der Waals surface area contributed by atoms with E-state index in [2.05, 4.69) is 13.8 Å². The molecule has 0 spiro atoms. The van der Waals surface area contributed by atoms with Crippen LogP contribution in [0.2, 0.25) is 0 Å². The summed E-state index contributed by atoms with van der Waals surface area (Å²) >= 11 is 0. The molecule has 0 bridgehead atoms. The number of hydrogen-bond acceptors (Lipinski definition) is 1. The Bertz CT molecular complexity index is 163. The lowest BCUT2D eigenvalue weighted by Crippen LogP contribution is -2.30. The van der Waals surface area contributed by atoms with E-state index in [0.717, 1.165) is 19.3 Å². The molecule has 70 valence electrons. The summed E-state index contributed by atoms with van der Waals surface area (Å²) in [6, 6.07) is 0. The quantitative estimate of drug-likeness (QED) is 0.691. The van der Waals surface area contributed by atoms with Gasteiger partial charge in [0.1, 0.15) is 0 Å². The summed E-state index contributed by atoms with van der Waals surface area (Å²) in [6.45, 7) is 4.26. The molecule has 0 aromatic rings. The van der Waals surface area contributed by atoms with Gasteiger partial charge in [-0.05, 0) is 24.7 Å². The van der Waals surface area contributed by atoms with E-state index in [4.69, 9.17) is 5.11 Å². The van der Waals surface area contributed by atoms with Crippen molar-refractivity contribution in [1.82, 2.24) is 0 Å². The van der Waals surface area contributed by atoms with Gasteiger partial charge in [-0.3, -0.25) is 4.79 Å². The first-order valence-electron chi connectivity index (χ1n) is 4.85. The fourth-order valence-corrected chi connectivity index (χ4v) is 2.26. The van der Waals surface area contributed by atoms with Crippen molar-refractivity contribution >= 4 is 5.97 Å². The summed E-state index contributed by atoms with van der Waals surface area (Å²) in [5, 5.41) is 8.96. The van der Waals surface area contributed by atoms with Crippen molar-refractivity contribution in [1.29, 1.82) is 0 Å². The maximum absolute atomic E-state index is 10.9. The lowest BCUT2D eigenvalue weighted by atomic mass is 9.73. The zero-order valence-electron chi connectivity index (χ0n) is 7.92. The van der Waals surface area contributed by atoms with Gasteiger partial charge >= 0.3 is 5.97 Å². The molecule has 0 aromatic carbocycles. The van der Waals surface area contributed by atoms with Gasteiger partial charge in [0.05, 0.1) is 5.92 Å². The molecular formula is C10H18O2. The van der Waals surface area contributed by atoms with Gasteiger partial charge in [0.25, 0.3) is 0 Å². The SMILES string of the molecule is CC(C)[C@@H]1CCCC[C@H]1C(=O)O. The molecule has 0 heterocycles. The van der Waals surface area contributed by atoms with Gasteiger partial charge in [-0.2, -0.15) is 0 Å². The molecule has 1 fully saturated rings. The highest BCUT2D eigenvalue weighted by Gasteiger charge is 2.32. The smallest absolute Gasteiger partial charge is 0.306 e. The number of carbonyl (C=O) groups is 1. The monoisotopic (exact) mass is 170 g/mol. The third-order valence-corrected chi connectivity index (χ3v) is 2.99. The largest absolute Gasteiger partial charge is 0.481 e. The molecule has 0 saturated heterocycles. The van der Waals surface area contributed by atoms with Gasteiger partial charge in [0.15, 0.2) is 0 Å². The summed E-state index contributed by atoms with van der Waals surface area (Å²) in [4.78, 5) is 10.9. The van der Waals surface area contributed by atoms with Gasteiger partial charge in [-0.1, -0.05) is 26.7 Å². The molecule has 1 saturated carbocycles. The Morgan fingerprint density at radius 3 is 2.33 bits per heavy atom. The van der Waals surface area contributed by atoms with Crippen LogP contribution in [0.4, 0.5) is 0 Å². The van der Waals surface area contributed by atoms with E-state index in [0.29, 0.717) is 11.8 Å². The van der Waals surface area contributed by atoms with Crippen molar-refractivity contribution in [3.8, 4) is 0 Å². The summed E-state index contributed by atoms with van der Waals surface area (Å²) in [5.41, 5.74) is 0. The molecule has 2 heteroatoms. The van der Waals surface area contributed by atoms with E-state index < -0.39 is 5.97 Å². The maximum Gasteiger partial charge on any atom is 0.306 e. The van der Waals surface area contributed by atoms with Crippen LogP contribution in [0, 0.1) is 17.8 Å².